The van der Waals surface area contributed by atoms with Crippen LogP contribution >= 0.6 is 0 Å². The van der Waals surface area contributed by atoms with E-state index in [2.05, 4.69) is 58.2 Å². The first-order valence-corrected chi connectivity index (χ1v) is 8.95. The third kappa shape index (κ3) is 7.11. The summed E-state index contributed by atoms with van der Waals surface area (Å²) in [6, 6.07) is 0.459. The summed E-state index contributed by atoms with van der Waals surface area (Å²) in [5.41, 5.74) is 0.234. The Bertz CT molecular complexity index is 353. The van der Waals surface area contributed by atoms with Crippen molar-refractivity contribution in [3.8, 4) is 0 Å². The van der Waals surface area contributed by atoms with Crippen LogP contribution < -0.4 is 0 Å². The van der Waals surface area contributed by atoms with E-state index in [4.69, 9.17) is 4.99 Å². The number of nitrogens with zero attached hydrogens (tertiary/aromatic N) is 1. The third-order valence-electron chi connectivity index (χ3n) is 4.59. The van der Waals surface area contributed by atoms with Gasteiger partial charge in [0, 0.05) is 11.6 Å². The van der Waals surface area contributed by atoms with Gasteiger partial charge in [-0.2, -0.15) is 0 Å². The largest absolute Gasteiger partial charge is 0.293 e. The third-order valence-corrected chi connectivity index (χ3v) is 4.59. The van der Waals surface area contributed by atoms with Gasteiger partial charge in [-0.25, -0.2) is 0 Å². The molecule has 0 bridgehead atoms. The van der Waals surface area contributed by atoms with Crippen LogP contribution in [0.15, 0.2) is 29.3 Å². The molecule has 0 saturated heterocycles. The second-order valence-electron chi connectivity index (χ2n) is 6.98. The molecule has 21 heavy (non-hydrogen) atoms. The second-order valence-corrected chi connectivity index (χ2v) is 6.98. The first kappa shape index (κ1) is 18.2. The van der Waals surface area contributed by atoms with Crippen LogP contribution in [-0.4, -0.2) is 12.3 Å². The van der Waals surface area contributed by atoms with Gasteiger partial charge in [-0.05, 0) is 44.4 Å². The number of hydrogen-bond donors (Lipinski definition) is 0. The monoisotopic (exact) mass is 289 g/mol. The lowest BCUT2D eigenvalue weighted by atomic mass is 9.83. The number of allylic oxidation sites excluding steroid dienone is 3. The molecule has 1 rings (SSSR count). The summed E-state index contributed by atoms with van der Waals surface area (Å²) >= 11 is 0. The molecule has 1 aliphatic heterocycles. The highest BCUT2D eigenvalue weighted by molar-refractivity contribution is 5.65. The number of aliphatic imine (C=N–C) groups is 1. The van der Waals surface area contributed by atoms with E-state index >= 15 is 0 Å². The van der Waals surface area contributed by atoms with E-state index in [0.29, 0.717) is 12.0 Å². The minimum Gasteiger partial charge on any atom is -0.293 e. The first-order chi connectivity index (χ1) is 10.1. The molecule has 3 unspecified atom stereocenters. The normalized spacial score (nSPS) is 33.4. The molecule has 0 aromatic rings. The van der Waals surface area contributed by atoms with Crippen LogP contribution in [0.2, 0.25) is 0 Å². The van der Waals surface area contributed by atoms with Gasteiger partial charge in [-0.15, -0.1) is 0 Å². The predicted molar refractivity (Wildman–Crippen MR) is 96.1 cm³/mol. The maximum atomic E-state index is 5.04. The highest BCUT2D eigenvalue weighted by Gasteiger charge is 2.21. The molecule has 0 fully saturated rings. The number of hydrogen-bond acceptors (Lipinski definition) is 1. The molecule has 0 aromatic heterocycles. The van der Waals surface area contributed by atoms with Crippen molar-refractivity contribution >= 4 is 6.21 Å². The molecule has 0 aliphatic carbocycles. The fraction of sp³-hybridized carbons (Fsp3) is 0.750. The van der Waals surface area contributed by atoms with Gasteiger partial charge < -0.3 is 0 Å². The molecule has 3 atom stereocenters. The highest BCUT2D eigenvalue weighted by Crippen LogP contribution is 2.28. The van der Waals surface area contributed by atoms with Gasteiger partial charge in [-0.3, -0.25) is 4.99 Å². The van der Waals surface area contributed by atoms with Gasteiger partial charge in [0.25, 0.3) is 0 Å². The standard InChI is InChI=1S/C20H35N/c1-5-13-18(3)19-14-11-9-7-8-10-12-16-20(4,15-6-2)17-21-19/h9-12,17-19H,5-8,13-16H2,1-4H3/b11-9+,12-10+,21-17+. The van der Waals surface area contributed by atoms with E-state index in [9.17, 15) is 0 Å². The summed E-state index contributed by atoms with van der Waals surface area (Å²) in [7, 11) is 0. The van der Waals surface area contributed by atoms with Crippen LogP contribution in [-0.2, 0) is 0 Å². The average Bonchev–Trinajstić information content (AvgIpc) is 2.44. The molecule has 0 aromatic carbocycles. The van der Waals surface area contributed by atoms with Gasteiger partial charge >= 0.3 is 0 Å². The summed E-state index contributed by atoms with van der Waals surface area (Å²) < 4.78 is 0. The zero-order chi connectivity index (χ0) is 15.6. The summed E-state index contributed by atoms with van der Waals surface area (Å²) in [5, 5.41) is 0. The van der Waals surface area contributed by atoms with Gasteiger partial charge in [0.05, 0.1) is 6.04 Å². The lowest BCUT2D eigenvalue weighted by Crippen LogP contribution is -2.21. The van der Waals surface area contributed by atoms with Crippen LogP contribution in [0.25, 0.3) is 0 Å². The Hall–Kier alpha value is -0.850. The minimum absolute atomic E-state index is 0.234. The Balaban J connectivity index is 2.88. The zero-order valence-corrected chi connectivity index (χ0v) is 14.6. The van der Waals surface area contributed by atoms with Crippen LogP contribution in [0.5, 0.6) is 0 Å². The van der Waals surface area contributed by atoms with E-state index in [-0.39, 0.29) is 5.41 Å². The van der Waals surface area contributed by atoms with Crippen molar-refractivity contribution in [3.63, 3.8) is 0 Å². The summed E-state index contributed by atoms with van der Waals surface area (Å²) in [6.07, 6.45) is 21.2. The van der Waals surface area contributed by atoms with Crippen molar-refractivity contribution in [2.24, 2.45) is 16.3 Å². The van der Waals surface area contributed by atoms with Crippen LogP contribution in [0.3, 0.4) is 0 Å². The van der Waals surface area contributed by atoms with Gasteiger partial charge in [0.1, 0.15) is 0 Å². The first-order valence-electron chi connectivity index (χ1n) is 8.95. The molecule has 0 N–H and O–H groups in total. The average molecular weight is 290 g/mol. The van der Waals surface area contributed by atoms with E-state index in [1.54, 1.807) is 0 Å². The fourth-order valence-corrected chi connectivity index (χ4v) is 3.17. The quantitative estimate of drug-likeness (QED) is 0.522. The van der Waals surface area contributed by atoms with Crippen LogP contribution in [0.4, 0.5) is 0 Å². The Kier molecular flexibility index (Phi) is 8.64. The zero-order valence-electron chi connectivity index (χ0n) is 14.6. The molecule has 0 amide bonds. The van der Waals surface area contributed by atoms with Crippen LogP contribution in [0.1, 0.15) is 79.1 Å². The topological polar surface area (TPSA) is 12.4 Å². The Morgan fingerprint density at radius 1 is 1.10 bits per heavy atom. The summed E-state index contributed by atoms with van der Waals surface area (Å²) in [4.78, 5) is 5.04. The minimum atomic E-state index is 0.234. The number of rotatable bonds is 5. The molecular formula is C20H35N. The molecular weight excluding hydrogens is 254 g/mol. The van der Waals surface area contributed by atoms with Gasteiger partial charge in [0.2, 0.25) is 0 Å². The van der Waals surface area contributed by atoms with Crippen molar-refractivity contribution in [2.75, 3.05) is 0 Å². The van der Waals surface area contributed by atoms with E-state index in [1.807, 2.05) is 0 Å². The van der Waals surface area contributed by atoms with Crippen molar-refractivity contribution in [2.45, 2.75) is 85.1 Å². The predicted octanol–water partition coefficient (Wildman–Crippen LogP) is 6.35. The molecule has 1 heterocycles. The smallest absolute Gasteiger partial charge is 0.0555 e. The second kappa shape index (κ2) is 9.97. The highest BCUT2D eigenvalue weighted by atomic mass is 14.8. The Labute approximate surface area is 132 Å². The molecule has 1 nitrogen and oxygen atoms in total. The lowest BCUT2D eigenvalue weighted by Gasteiger charge is -2.26. The van der Waals surface area contributed by atoms with Crippen molar-refractivity contribution in [3.05, 3.63) is 24.3 Å². The Morgan fingerprint density at radius 3 is 2.48 bits per heavy atom. The van der Waals surface area contributed by atoms with Crippen molar-refractivity contribution in [1.29, 1.82) is 0 Å². The van der Waals surface area contributed by atoms with E-state index < -0.39 is 0 Å². The van der Waals surface area contributed by atoms with Crippen LogP contribution in [0, 0.1) is 11.3 Å². The Morgan fingerprint density at radius 2 is 1.81 bits per heavy atom. The summed E-state index contributed by atoms with van der Waals surface area (Å²) in [5.74, 6) is 0.681. The van der Waals surface area contributed by atoms with Gasteiger partial charge in [0.15, 0.2) is 0 Å². The SMILES string of the molecule is CCCC(C)C1C/C=C/CC/C=C/CC(C)(CCC)/C=N/1. The molecule has 0 saturated carbocycles. The lowest BCUT2D eigenvalue weighted by molar-refractivity contribution is 0.407. The summed E-state index contributed by atoms with van der Waals surface area (Å²) in [6.45, 7) is 9.28. The van der Waals surface area contributed by atoms with E-state index in [0.717, 1.165) is 12.8 Å². The fourth-order valence-electron chi connectivity index (χ4n) is 3.17. The maximum Gasteiger partial charge on any atom is 0.0555 e. The van der Waals surface area contributed by atoms with E-state index in [1.165, 1.54) is 38.5 Å². The maximum absolute atomic E-state index is 5.04. The van der Waals surface area contributed by atoms with Crippen molar-refractivity contribution in [1.82, 2.24) is 0 Å². The molecule has 0 radical (unpaired) electrons. The molecule has 1 heteroatoms. The van der Waals surface area contributed by atoms with Gasteiger partial charge in [-0.1, -0.05) is 64.8 Å². The molecule has 0 spiro atoms. The molecule has 120 valence electrons. The molecule has 1 aliphatic rings. The van der Waals surface area contributed by atoms with Crippen molar-refractivity contribution < 1.29 is 0 Å².